The van der Waals surface area contributed by atoms with Crippen molar-refractivity contribution < 1.29 is 13.9 Å². The van der Waals surface area contributed by atoms with Gasteiger partial charge in [-0.05, 0) is 30.5 Å². The highest BCUT2D eigenvalue weighted by molar-refractivity contribution is 7.15. The fraction of sp³-hybridized carbons (Fsp3) is 0.357. The maximum atomic E-state index is 12.8. The van der Waals surface area contributed by atoms with Crippen molar-refractivity contribution in [3.63, 3.8) is 0 Å². The third kappa shape index (κ3) is 3.62. The lowest BCUT2D eigenvalue weighted by molar-refractivity contribution is -0.115. The molecule has 0 radical (unpaired) electrons. The number of nitrogens with zero attached hydrogens (tertiary/aromatic N) is 2. The lowest BCUT2D eigenvalue weighted by atomic mass is 10.1. The summed E-state index contributed by atoms with van der Waals surface area (Å²) in [6.45, 7) is 0.747. The zero-order valence-corrected chi connectivity index (χ0v) is 12.0. The number of nitrogens with one attached hydrogen (secondary N) is 1. The van der Waals surface area contributed by atoms with Crippen LogP contribution in [0.5, 0.6) is 0 Å². The van der Waals surface area contributed by atoms with E-state index in [4.69, 9.17) is 4.74 Å². The number of anilines is 1. The third-order valence-corrected chi connectivity index (χ3v) is 4.10. The Kier molecular flexibility index (Phi) is 4.21. The molecule has 2 heterocycles. The highest BCUT2D eigenvalue weighted by Gasteiger charge is 2.22. The van der Waals surface area contributed by atoms with Crippen LogP contribution in [-0.4, -0.2) is 22.7 Å². The van der Waals surface area contributed by atoms with Gasteiger partial charge in [-0.3, -0.25) is 4.79 Å². The van der Waals surface area contributed by atoms with Gasteiger partial charge in [0.05, 0.1) is 6.42 Å². The summed E-state index contributed by atoms with van der Waals surface area (Å²) < 4.78 is 18.3. The molecular formula is C14H14FN3O2S. The maximum Gasteiger partial charge on any atom is 0.230 e. The molecule has 110 valence electrons. The van der Waals surface area contributed by atoms with Crippen LogP contribution in [0.15, 0.2) is 24.3 Å². The Morgan fingerprint density at radius 2 is 2.19 bits per heavy atom. The Bertz CT molecular complexity index is 623. The molecule has 3 rings (SSSR count). The molecule has 0 bridgehead atoms. The van der Waals surface area contributed by atoms with Crippen molar-refractivity contribution in [1.29, 1.82) is 0 Å². The number of rotatable bonds is 4. The molecule has 1 amide bonds. The molecule has 1 saturated heterocycles. The second-order valence-corrected chi connectivity index (χ2v) is 5.81. The average Bonchev–Trinajstić information content (AvgIpc) is 3.12. The zero-order chi connectivity index (χ0) is 14.7. The number of carbonyl (C=O) groups is 1. The fourth-order valence-electron chi connectivity index (χ4n) is 2.14. The summed E-state index contributed by atoms with van der Waals surface area (Å²) in [4.78, 5) is 11.9. The van der Waals surface area contributed by atoms with Crippen LogP contribution in [0, 0.1) is 5.82 Å². The molecule has 0 unspecified atom stereocenters. The number of ether oxygens (including phenoxy) is 1. The summed E-state index contributed by atoms with van der Waals surface area (Å²) in [6.07, 6.45) is 2.15. The molecule has 0 spiro atoms. The van der Waals surface area contributed by atoms with E-state index in [-0.39, 0.29) is 24.2 Å². The average molecular weight is 307 g/mol. The van der Waals surface area contributed by atoms with E-state index in [1.54, 1.807) is 12.1 Å². The van der Waals surface area contributed by atoms with Crippen molar-refractivity contribution in [3.8, 4) is 0 Å². The first-order valence-corrected chi connectivity index (χ1v) is 7.51. The number of hydrogen-bond acceptors (Lipinski definition) is 5. The molecule has 1 N–H and O–H groups in total. The molecule has 7 heteroatoms. The lowest BCUT2D eigenvalue weighted by Crippen LogP contribution is -2.14. The first-order chi connectivity index (χ1) is 10.2. The number of amides is 1. The van der Waals surface area contributed by atoms with Crippen LogP contribution >= 0.6 is 11.3 Å². The van der Waals surface area contributed by atoms with Crippen LogP contribution in [0.1, 0.15) is 29.5 Å². The minimum atomic E-state index is -0.315. The quantitative estimate of drug-likeness (QED) is 0.943. The summed E-state index contributed by atoms with van der Waals surface area (Å²) in [6, 6.07) is 5.85. The van der Waals surface area contributed by atoms with Gasteiger partial charge in [0.25, 0.3) is 0 Å². The van der Waals surface area contributed by atoms with Gasteiger partial charge >= 0.3 is 0 Å². The molecule has 0 aliphatic carbocycles. The van der Waals surface area contributed by atoms with Gasteiger partial charge in [0.2, 0.25) is 11.0 Å². The van der Waals surface area contributed by atoms with E-state index in [9.17, 15) is 9.18 Å². The van der Waals surface area contributed by atoms with Crippen LogP contribution in [0.25, 0.3) is 0 Å². The van der Waals surface area contributed by atoms with Gasteiger partial charge in [0.15, 0.2) is 0 Å². The van der Waals surface area contributed by atoms with Crippen LogP contribution in [0.3, 0.4) is 0 Å². The van der Waals surface area contributed by atoms with Gasteiger partial charge < -0.3 is 10.1 Å². The second kappa shape index (κ2) is 6.28. The third-order valence-electron chi connectivity index (χ3n) is 3.17. The number of benzene rings is 1. The normalized spacial score (nSPS) is 17.9. The largest absolute Gasteiger partial charge is 0.371 e. The summed E-state index contributed by atoms with van der Waals surface area (Å²) >= 11 is 1.33. The van der Waals surface area contributed by atoms with Crippen molar-refractivity contribution in [1.82, 2.24) is 10.2 Å². The van der Waals surface area contributed by atoms with Crippen molar-refractivity contribution >= 4 is 22.4 Å². The molecule has 1 atom stereocenters. The summed E-state index contributed by atoms with van der Waals surface area (Å²) in [5.41, 5.74) is 0.748. The standard InChI is InChI=1S/C14H14FN3O2S/c15-10-5-3-9(4-6-10)8-12(19)16-14-18-17-13(21-14)11-2-1-7-20-11/h3-6,11H,1-2,7-8H2,(H,16,18,19)/t11-/m1/s1. The van der Waals surface area contributed by atoms with Crippen LogP contribution in [-0.2, 0) is 16.0 Å². The Morgan fingerprint density at radius 3 is 2.90 bits per heavy atom. The highest BCUT2D eigenvalue weighted by atomic mass is 32.1. The number of halogens is 1. The van der Waals surface area contributed by atoms with E-state index >= 15 is 0 Å². The molecule has 1 aliphatic rings. The fourth-order valence-corrected chi connectivity index (χ4v) is 2.98. The van der Waals surface area contributed by atoms with Crippen molar-refractivity contribution in [3.05, 3.63) is 40.7 Å². The van der Waals surface area contributed by atoms with Crippen LogP contribution < -0.4 is 5.32 Å². The predicted molar refractivity (Wildman–Crippen MR) is 76.6 cm³/mol. The van der Waals surface area contributed by atoms with Gasteiger partial charge in [-0.25, -0.2) is 4.39 Å². The van der Waals surface area contributed by atoms with Gasteiger partial charge in [-0.15, -0.1) is 10.2 Å². The Hall–Kier alpha value is -1.86. The van der Waals surface area contributed by atoms with E-state index in [0.717, 1.165) is 30.0 Å². The Balaban J connectivity index is 1.58. The van der Waals surface area contributed by atoms with Crippen molar-refractivity contribution in [2.24, 2.45) is 0 Å². The highest BCUT2D eigenvalue weighted by Crippen LogP contribution is 2.31. The van der Waals surface area contributed by atoms with Crippen LogP contribution in [0.2, 0.25) is 0 Å². The smallest absolute Gasteiger partial charge is 0.230 e. The summed E-state index contributed by atoms with van der Waals surface area (Å²) in [5, 5.41) is 12.0. The minimum Gasteiger partial charge on any atom is -0.371 e. The Morgan fingerprint density at radius 1 is 1.38 bits per heavy atom. The van der Waals surface area contributed by atoms with Gasteiger partial charge in [0.1, 0.15) is 16.9 Å². The maximum absolute atomic E-state index is 12.8. The monoisotopic (exact) mass is 307 g/mol. The molecule has 5 nitrogen and oxygen atoms in total. The van der Waals surface area contributed by atoms with Crippen molar-refractivity contribution in [2.45, 2.75) is 25.4 Å². The van der Waals surface area contributed by atoms with E-state index in [1.165, 1.54) is 23.5 Å². The molecule has 21 heavy (non-hydrogen) atoms. The SMILES string of the molecule is O=C(Cc1ccc(F)cc1)Nc1nnc([C@H]2CCCO2)s1. The van der Waals surface area contributed by atoms with Gasteiger partial charge in [0, 0.05) is 6.61 Å². The van der Waals surface area contributed by atoms with E-state index in [1.807, 2.05) is 0 Å². The number of carbonyl (C=O) groups excluding carboxylic acids is 1. The van der Waals surface area contributed by atoms with Gasteiger partial charge in [-0.2, -0.15) is 0 Å². The first kappa shape index (κ1) is 14.1. The molecule has 0 saturated carbocycles. The molecule has 1 fully saturated rings. The van der Waals surface area contributed by atoms with E-state index < -0.39 is 0 Å². The molecule has 1 aromatic heterocycles. The summed E-state index contributed by atoms with van der Waals surface area (Å²) in [5.74, 6) is -0.513. The molecular weight excluding hydrogens is 293 g/mol. The zero-order valence-electron chi connectivity index (χ0n) is 11.2. The molecule has 1 aliphatic heterocycles. The summed E-state index contributed by atoms with van der Waals surface area (Å²) in [7, 11) is 0. The van der Waals surface area contributed by atoms with Crippen LogP contribution in [0.4, 0.5) is 9.52 Å². The molecule has 2 aromatic rings. The number of aromatic nitrogens is 2. The molecule has 1 aromatic carbocycles. The van der Waals surface area contributed by atoms with E-state index in [2.05, 4.69) is 15.5 Å². The van der Waals surface area contributed by atoms with Crippen molar-refractivity contribution in [2.75, 3.05) is 11.9 Å². The lowest BCUT2D eigenvalue weighted by Gasteiger charge is -2.03. The number of hydrogen-bond donors (Lipinski definition) is 1. The second-order valence-electron chi connectivity index (χ2n) is 4.80. The Labute approximate surface area is 125 Å². The van der Waals surface area contributed by atoms with E-state index in [0.29, 0.717) is 5.13 Å². The first-order valence-electron chi connectivity index (χ1n) is 6.70. The van der Waals surface area contributed by atoms with Gasteiger partial charge in [-0.1, -0.05) is 23.5 Å². The topological polar surface area (TPSA) is 64.1 Å². The predicted octanol–water partition coefficient (Wildman–Crippen LogP) is 2.71. The minimum absolute atomic E-state index is 0.00486.